The van der Waals surface area contributed by atoms with Gasteiger partial charge in [-0.1, -0.05) is 24.3 Å². The van der Waals surface area contributed by atoms with Gasteiger partial charge in [-0.05, 0) is 11.5 Å². The molecule has 0 fully saturated rings. The van der Waals surface area contributed by atoms with Gasteiger partial charge in [0.05, 0.1) is 5.69 Å². The summed E-state index contributed by atoms with van der Waals surface area (Å²) in [4.78, 5) is 0.604. The molecule has 3 nitrogen and oxygen atoms in total. The summed E-state index contributed by atoms with van der Waals surface area (Å²) < 4.78 is 9.02. The van der Waals surface area contributed by atoms with Crippen LogP contribution >= 0.6 is 12.0 Å². The quantitative estimate of drug-likeness (QED) is 0.382. The van der Waals surface area contributed by atoms with E-state index in [1.807, 2.05) is 24.3 Å². The average molecular weight is 207 g/mol. The summed E-state index contributed by atoms with van der Waals surface area (Å²) in [6.45, 7) is 0. The second kappa shape index (κ2) is 3.40. The molecule has 0 aliphatic carbocycles. The second-order valence-electron chi connectivity index (χ2n) is 2.94. The zero-order valence-corrected chi connectivity index (χ0v) is 8.08. The molecule has 0 heterocycles. The van der Waals surface area contributed by atoms with Crippen LogP contribution in [-0.4, -0.2) is 9.66 Å². The average Bonchev–Trinajstić information content (AvgIpc) is 2.23. The van der Waals surface area contributed by atoms with Crippen molar-refractivity contribution in [1.82, 2.24) is 0 Å². The zero-order valence-electron chi connectivity index (χ0n) is 7.27. The van der Waals surface area contributed by atoms with E-state index in [4.69, 9.17) is 10.3 Å². The fourth-order valence-corrected chi connectivity index (χ4v) is 1.87. The van der Waals surface area contributed by atoms with Gasteiger partial charge < -0.3 is 15.4 Å². The molecule has 0 saturated carbocycles. The Morgan fingerprint density at radius 1 is 1.14 bits per heavy atom. The van der Waals surface area contributed by atoms with E-state index in [0.717, 1.165) is 10.8 Å². The molecule has 0 bridgehead atoms. The first kappa shape index (κ1) is 9.18. The Morgan fingerprint density at radius 3 is 2.43 bits per heavy atom. The Kier molecular flexibility index (Phi) is 2.23. The third kappa shape index (κ3) is 1.29. The fourth-order valence-electron chi connectivity index (χ4n) is 1.43. The van der Waals surface area contributed by atoms with E-state index in [-0.39, 0.29) is 5.75 Å². The summed E-state index contributed by atoms with van der Waals surface area (Å²) in [5, 5.41) is 11.1. The summed E-state index contributed by atoms with van der Waals surface area (Å²) in [7, 11) is 0. The molecule has 0 saturated heterocycles. The number of fused-ring (bicyclic) bond motifs is 1. The van der Waals surface area contributed by atoms with Gasteiger partial charge in [-0.15, -0.1) is 0 Å². The van der Waals surface area contributed by atoms with Gasteiger partial charge in [0, 0.05) is 22.3 Å². The Balaban J connectivity index is 2.89. The van der Waals surface area contributed by atoms with E-state index >= 15 is 0 Å². The van der Waals surface area contributed by atoms with Crippen LogP contribution in [-0.2, 0) is 0 Å². The van der Waals surface area contributed by atoms with Gasteiger partial charge in [0.15, 0.2) is 0 Å². The van der Waals surface area contributed by atoms with Gasteiger partial charge in [-0.25, -0.2) is 0 Å². The van der Waals surface area contributed by atoms with Crippen molar-refractivity contribution in [1.29, 1.82) is 0 Å². The van der Waals surface area contributed by atoms with Gasteiger partial charge in [0.25, 0.3) is 0 Å². The maximum Gasteiger partial charge on any atom is 0.140 e. The van der Waals surface area contributed by atoms with E-state index in [1.165, 1.54) is 6.07 Å². The lowest BCUT2D eigenvalue weighted by molar-refractivity contribution is 0.477. The number of anilines is 1. The van der Waals surface area contributed by atoms with Crippen molar-refractivity contribution in [3.05, 3.63) is 30.3 Å². The predicted octanol–water partition coefficient (Wildman–Crippen LogP) is 2.69. The van der Waals surface area contributed by atoms with Crippen LogP contribution in [0, 0.1) is 0 Å². The van der Waals surface area contributed by atoms with Crippen LogP contribution in [0.5, 0.6) is 5.75 Å². The summed E-state index contributed by atoms with van der Waals surface area (Å²) in [5.74, 6) is 0.000231. The van der Waals surface area contributed by atoms with E-state index in [1.54, 1.807) is 0 Å². The Hall–Kier alpha value is -1.39. The predicted molar refractivity (Wildman–Crippen MR) is 58.5 cm³/mol. The van der Waals surface area contributed by atoms with Crippen molar-refractivity contribution in [2.45, 2.75) is 4.90 Å². The lowest BCUT2D eigenvalue weighted by Gasteiger charge is -2.07. The van der Waals surface area contributed by atoms with Crippen LogP contribution < -0.4 is 5.73 Å². The molecular formula is C10H9NO2S. The molecule has 2 rings (SSSR count). The number of phenols is 1. The number of hydrogen-bond donors (Lipinski definition) is 3. The van der Waals surface area contributed by atoms with Crippen LogP contribution in [0.4, 0.5) is 5.69 Å². The molecule has 0 aliphatic rings. The minimum Gasteiger partial charge on any atom is -0.506 e. The number of nitrogens with two attached hydrogens (primary N) is 1. The normalized spacial score (nSPS) is 10.6. The van der Waals surface area contributed by atoms with E-state index in [0.29, 0.717) is 22.6 Å². The van der Waals surface area contributed by atoms with Crippen LogP contribution in [0.3, 0.4) is 0 Å². The molecular weight excluding hydrogens is 198 g/mol. The smallest absolute Gasteiger partial charge is 0.140 e. The van der Waals surface area contributed by atoms with E-state index < -0.39 is 0 Å². The van der Waals surface area contributed by atoms with Crippen LogP contribution in [0.2, 0.25) is 0 Å². The number of phenolic OH excluding ortho intramolecular Hbond substituents is 1. The van der Waals surface area contributed by atoms with Crippen molar-refractivity contribution in [3.8, 4) is 5.75 Å². The molecule has 0 spiro atoms. The minimum absolute atomic E-state index is 0.000231. The lowest BCUT2D eigenvalue weighted by Crippen LogP contribution is -1.89. The molecule has 2 aromatic rings. The first-order chi connectivity index (χ1) is 6.74. The molecule has 0 radical (unpaired) electrons. The van der Waals surface area contributed by atoms with Gasteiger partial charge in [-0.2, -0.15) is 0 Å². The largest absolute Gasteiger partial charge is 0.506 e. The topological polar surface area (TPSA) is 66.5 Å². The van der Waals surface area contributed by atoms with E-state index in [2.05, 4.69) is 0 Å². The molecule has 4 heteroatoms. The van der Waals surface area contributed by atoms with Gasteiger partial charge in [0.2, 0.25) is 0 Å². The molecule has 0 atom stereocenters. The van der Waals surface area contributed by atoms with Crippen LogP contribution in [0.15, 0.2) is 35.2 Å². The maximum atomic E-state index is 9.48. The van der Waals surface area contributed by atoms with Gasteiger partial charge in [-0.3, -0.25) is 0 Å². The summed E-state index contributed by atoms with van der Waals surface area (Å²) in [6.07, 6.45) is 0. The van der Waals surface area contributed by atoms with Crippen molar-refractivity contribution in [3.63, 3.8) is 0 Å². The van der Waals surface area contributed by atoms with Crippen molar-refractivity contribution < 1.29 is 9.66 Å². The highest BCUT2D eigenvalue weighted by atomic mass is 32.2. The van der Waals surface area contributed by atoms with E-state index in [9.17, 15) is 5.11 Å². The first-order valence-electron chi connectivity index (χ1n) is 4.05. The summed E-state index contributed by atoms with van der Waals surface area (Å²) in [6, 6.07) is 8.82. The molecule has 0 aliphatic heterocycles. The Bertz CT molecular complexity index is 485. The number of hydrogen-bond acceptors (Lipinski definition) is 4. The monoisotopic (exact) mass is 207 g/mol. The minimum atomic E-state index is 0.000231. The zero-order chi connectivity index (χ0) is 10.1. The molecule has 2 aromatic carbocycles. The van der Waals surface area contributed by atoms with Crippen LogP contribution in [0.1, 0.15) is 0 Å². The molecule has 4 N–H and O–H groups in total. The highest BCUT2D eigenvalue weighted by Gasteiger charge is 2.08. The number of nitrogen functional groups attached to an aromatic ring is 1. The highest BCUT2D eigenvalue weighted by molar-refractivity contribution is 7.94. The SMILES string of the molecule is Nc1c(O)cc(SO)c2ccccc12. The standard InChI is InChI=1S/C10H9NO2S/c11-10-7-4-2-1-3-6(7)9(14-13)5-8(10)12/h1-5,12-13H,11H2. The second-order valence-corrected chi connectivity index (χ2v) is 3.57. The molecule has 0 amide bonds. The number of aromatic hydroxyl groups is 1. The molecule has 0 aromatic heterocycles. The molecule has 72 valence electrons. The van der Waals surface area contributed by atoms with Gasteiger partial charge >= 0.3 is 0 Å². The Labute approximate surface area is 85.4 Å². The third-order valence-electron chi connectivity index (χ3n) is 2.12. The van der Waals surface area contributed by atoms with Gasteiger partial charge in [0.1, 0.15) is 5.75 Å². The molecule has 14 heavy (non-hydrogen) atoms. The van der Waals surface area contributed by atoms with Crippen LogP contribution in [0.25, 0.3) is 10.8 Å². The summed E-state index contributed by atoms with van der Waals surface area (Å²) in [5.41, 5.74) is 6.05. The van der Waals surface area contributed by atoms with Crippen molar-refractivity contribution in [2.75, 3.05) is 5.73 Å². The maximum absolute atomic E-state index is 9.48. The fraction of sp³-hybridized carbons (Fsp3) is 0. The lowest BCUT2D eigenvalue weighted by atomic mass is 10.1. The summed E-state index contributed by atoms with van der Waals surface area (Å²) >= 11 is 0.606. The van der Waals surface area contributed by atoms with Crippen molar-refractivity contribution >= 4 is 28.5 Å². The van der Waals surface area contributed by atoms with Crippen molar-refractivity contribution in [2.24, 2.45) is 0 Å². The Morgan fingerprint density at radius 2 is 1.79 bits per heavy atom. The molecule has 0 unspecified atom stereocenters. The third-order valence-corrected chi connectivity index (χ3v) is 2.66. The number of benzene rings is 2. The highest BCUT2D eigenvalue weighted by Crippen LogP contribution is 2.36. The number of rotatable bonds is 1. The first-order valence-corrected chi connectivity index (χ1v) is 4.83.